The molecule has 3 N–H and O–H groups in total. The molecule has 3 rings (SSSR count). The summed E-state index contributed by atoms with van der Waals surface area (Å²) in [6.07, 6.45) is 2.00. The lowest BCUT2D eigenvalue weighted by molar-refractivity contribution is 0.805. The zero-order valence-corrected chi connectivity index (χ0v) is 12.5. The van der Waals surface area contributed by atoms with E-state index in [0.717, 1.165) is 31.6 Å². The monoisotopic (exact) mass is 299 g/mol. The number of hydrogen-bond donors (Lipinski definition) is 2. The summed E-state index contributed by atoms with van der Waals surface area (Å²) in [7, 11) is 0. The van der Waals surface area contributed by atoms with Crippen molar-refractivity contribution in [3.05, 3.63) is 64.2 Å². The number of nitrogen functional groups attached to an aromatic ring is 1. The molecule has 0 amide bonds. The predicted molar refractivity (Wildman–Crippen MR) is 88.5 cm³/mol. The van der Waals surface area contributed by atoms with Gasteiger partial charge in [0.15, 0.2) is 0 Å². The van der Waals surface area contributed by atoms with Crippen molar-refractivity contribution in [3.63, 3.8) is 0 Å². The number of benzene rings is 2. The molecule has 0 spiro atoms. The Bertz CT molecular complexity index is 654. The van der Waals surface area contributed by atoms with Gasteiger partial charge in [0, 0.05) is 18.8 Å². The Balaban J connectivity index is 1.93. The van der Waals surface area contributed by atoms with Gasteiger partial charge in [-0.25, -0.2) is 0 Å². The highest BCUT2D eigenvalue weighted by Crippen LogP contribution is 2.29. The quantitative estimate of drug-likeness (QED) is 0.661. The normalized spacial score (nSPS) is 14.4. The molecule has 0 unspecified atom stereocenters. The summed E-state index contributed by atoms with van der Waals surface area (Å²) in [6.45, 7) is 1.83. The van der Waals surface area contributed by atoms with Gasteiger partial charge in [0.05, 0.1) is 10.6 Å². The average Bonchev–Trinajstić information content (AvgIpc) is 2.69. The maximum Gasteiger partial charge on any atom is 0.126 e. The first-order valence-electron chi connectivity index (χ1n) is 7.11. The van der Waals surface area contributed by atoms with E-state index in [1.165, 1.54) is 11.1 Å². The Morgan fingerprint density at radius 3 is 2.19 bits per heavy atom. The van der Waals surface area contributed by atoms with Crippen molar-refractivity contribution in [2.45, 2.75) is 12.8 Å². The number of nitrogens with zero attached hydrogens (tertiary/aromatic N) is 1. The lowest BCUT2D eigenvalue weighted by atomic mass is 10.0. The highest BCUT2D eigenvalue weighted by molar-refractivity contribution is 6.34. The highest BCUT2D eigenvalue weighted by atomic mass is 35.5. The molecule has 2 aromatic rings. The van der Waals surface area contributed by atoms with Crippen LogP contribution in [0.4, 0.5) is 5.69 Å². The van der Waals surface area contributed by atoms with E-state index < -0.39 is 0 Å². The Hall–Kier alpha value is -2.00. The molecule has 0 radical (unpaired) electrons. The SMILES string of the molecule is N=C(N)c1c(Cl)cccc1N1CCc2ccccc2CC1. The molecule has 0 aliphatic carbocycles. The van der Waals surface area contributed by atoms with Gasteiger partial charge in [-0.15, -0.1) is 0 Å². The molecule has 0 atom stereocenters. The zero-order valence-electron chi connectivity index (χ0n) is 11.8. The molecular weight excluding hydrogens is 282 g/mol. The third-order valence-corrected chi connectivity index (χ3v) is 4.34. The third kappa shape index (κ3) is 2.74. The minimum Gasteiger partial charge on any atom is -0.384 e. The molecule has 4 heteroatoms. The maximum atomic E-state index is 7.79. The van der Waals surface area contributed by atoms with Crippen molar-refractivity contribution in [2.75, 3.05) is 18.0 Å². The van der Waals surface area contributed by atoms with Crippen molar-refractivity contribution in [3.8, 4) is 0 Å². The molecule has 1 heterocycles. The van der Waals surface area contributed by atoms with E-state index in [-0.39, 0.29) is 5.84 Å². The highest BCUT2D eigenvalue weighted by Gasteiger charge is 2.19. The molecule has 3 nitrogen and oxygen atoms in total. The van der Waals surface area contributed by atoms with E-state index in [2.05, 4.69) is 29.2 Å². The van der Waals surface area contributed by atoms with Crippen LogP contribution in [0.1, 0.15) is 16.7 Å². The molecule has 108 valence electrons. The van der Waals surface area contributed by atoms with Crippen molar-refractivity contribution < 1.29 is 0 Å². The molecule has 0 saturated carbocycles. The summed E-state index contributed by atoms with van der Waals surface area (Å²) in [5.74, 6) is 0.0253. The molecule has 1 aliphatic heterocycles. The van der Waals surface area contributed by atoms with Gasteiger partial charge in [0.2, 0.25) is 0 Å². The van der Waals surface area contributed by atoms with E-state index in [0.29, 0.717) is 10.6 Å². The Morgan fingerprint density at radius 2 is 1.62 bits per heavy atom. The number of hydrogen-bond acceptors (Lipinski definition) is 2. The number of fused-ring (bicyclic) bond motifs is 1. The van der Waals surface area contributed by atoms with Gasteiger partial charge in [-0.1, -0.05) is 41.9 Å². The second kappa shape index (κ2) is 5.78. The molecule has 0 aromatic heterocycles. The molecule has 21 heavy (non-hydrogen) atoms. The number of nitrogens with two attached hydrogens (primary N) is 1. The lowest BCUT2D eigenvalue weighted by Gasteiger charge is -2.25. The van der Waals surface area contributed by atoms with Crippen LogP contribution in [-0.2, 0) is 12.8 Å². The summed E-state index contributed by atoms with van der Waals surface area (Å²) in [4.78, 5) is 2.28. The number of rotatable bonds is 2. The fraction of sp³-hybridized carbons (Fsp3) is 0.235. The topological polar surface area (TPSA) is 53.1 Å². The van der Waals surface area contributed by atoms with Gasteiger partial charge in [0.1, 0.15) is 5.84 Å². The van der Waals surface area contributed by atoms with Gasteiger partial charge in [-0.2, -0.15) is 0 Å². The largest absolute Gasteiger partial charge is 0.384 e. The van der Waals surface area contributed by atoms with Gasteiger partial charge < -0.3 is 10.6 Å². The Labute approximate surface area is 129 Å². The molecule has 2 aromatic carbocycles. The summed E-state index contributed by atoms with van der Waals surface area (Å²) in [5, 5.41) is 8.33. The van der Waals surface area contributed by atoms with E-state index in [9.17, 15) is 0 Å². The Morgan fingerprint density at radius 1 is 1.00 bits per heavy atom. The minimum atomic E-state index is 0.0253. The average molecular weight is 300 g/mol. The van der Waals surface area contributed by atoms with Gasteiger partial charge in [-0.3, -0.25) is 5.41 Å². The summed E-state index contributed by atoms with van der Waals surface area (Å²) in [6, 6.07) is 14.3. The van der Waals surface area contributed by atoms with E-state index in [1.54, 1.807) is 6.07 Å². The fourth-order valence-corrected chi connectivity index (χ4v) is 3.22. The van der Waals surface area contributed by atoms with Crippen LogP contribution in [0.15, 0.2) is 42.5 Å². The lowest BCUT2D eigenvalue weighted by Crippen LogP contribution is -2.29. The van der Waals surface area contributed by atoms with Crippen LogP contribution in [-0.4, -0.2) is 18.9 Å². The molecule has 0 bridgehead atoms. The van der Waals surface area contributed by atoms with Crippen LogP contribution in [0.3, 0.4) is 0 Å². The van der Waals surface area contributed by atoms with Crippen LogP contribution in [0.5, 0.6) is 0 Å². The molecular formula is C17H18ClN3. The standard InChI is InChI=1S/C17H18ClN3/c18-14-6-3-7-15(16(14)17(19)20)21-10-8-12-4-1-2-5-13(12)9-11-21/h1-7H,8-11H2,(H3,19,20). The Kier molecular flexibility index (Phi) is 3.84. The molecule has 0 saturated heterocycles. The van der Waals surface area contributed by atoms with Crippen LogP contribution in [0, 0.1) is 5.41 Å². The van der Waals surface area contributed by atoms with Gasteiger partial charge >= 0.3 is 0 Å². The summed E-state index contributed by atoms with van der Waals surface area (Å²) in [5.41, 5.74) is 10.1. The van der Waals surface area contributed by atoms with Crippen LogP contribution in [0.2, 0.25) is 5.02 Å². The second-order valence-corrected chi connectivity index (χ2v) is 5.71. The van der Waals surface area contributed by atoms with Crippen molar-refractivity contribution in [1.29, 1.82) is 5.41 Å². The van der Waals surface area contributed by atoms with Crippen molar-refractivity contribution in [1.82, 2.24) is 0 Å². The summed E-state index contributed by atoms with van der Waals surface area (Å²) >= 11 is 6.23. The molecule has 1 aliphatic rings. The molecule has 0 fully saturated rings. The van der Waals surface area contributed by atoms with Crippen molar-refractivity contribution >= 4 is 23.1 Å². The predicted octanol–water partition coefficient (Wildman–Crippen LogP) is 3.23. The minimum absolute atomic E-state index is 0.0253. The number of anilines is 1. The van der Waals surface area contributed by atoms with E-state index >= 15 is 0 Å². The number of amidine groups is 1. The first-order valence-corrected chi connectivity index (χ1v) is 7.49. The number of halogens is 1. The van der Waals surface area contributed by atoms with Crippen LogP contribution < -0.4 is 10.6 Å². The smallest absolute Gasteiger partial charge is 0.126 e. The first kappa shape index (κ1) is 14.0. The number of nitrogens with one attached hydrogen (secondary N) is 1. The van der Waals surface area contributed by atoms with E-state index in [4.69, 9.17) is 22.7 Å². The first-order chi connectivity index (χ1) is 10.2. The third-order valence-electron chi connectivity index (χ3n) is 4.02. The van der Waals surface area contributed by atoms with E-state index in [1.807, 2.05) is 12.1 Å². The van der Waals surface area contributed by atoms with Gasteiger partial charge in [-0.05, 0) is 36.1 Å². The zero-order chi connectivity index (χ0) is 14.8. The maximum absolute atomic E-state index is 7.79. The van der Waals surface area contributed by atoms with Crippen LogP contribution in [0.25, 0.3) is 0 Å². The van der Waals surface area contributed by atoms with Crippen LogP contribution >= 0.6 is 11.6 Å². The second-order valence-electron chi connectivity index (χ2n) is 5.30. The van der Waals surface area contributed by atoms with Crippen molar-refractivity contribution in [2.24, 2.45) is 5.73 Å². The van der Waals surface area contributed by atoms with Gasteiger partial charge in [0.25, 0.3) is 0 Å². The fourth-order valence-electron chi connectivity index (χ4n) is 2.95. The summed E-state index contributed by atoms with van der Waals surface area (Å²) < 4.78 is 0.